The lowest BCUT2D eigenvalue weighted by molar-refractivity contribution is 0.441. The van der Waals surface area contributed by atoms with Crippen molar-refractivity contribution in [3.63, 3.8) is 0 Å². The van der Waals surface area contributed by atoms with Crippen LogP contribution in [0.15, 0.2) is 18.2 Å². The van der Waals surface area contributed by atoms with Crippen LogP contribution in [0.4, 0.5) is 5.69 Å². The van der Waals surface area contributed by atoms with Crippen LogP contribution < -0.4 is 5.32 Å². The Morgan fingerprint density at radius 1 is 1.50 bits per heavy atom. The number of hydrogen-bond donors (Lipinski definition) is 2. The predicted octanol–water partition coefficient (Wildman–Crippen LogP) is 4.08. The lowest BCUT2D eigenvalue weighted by Gasteiger charge is -2.23. The molecule has 2 nitrogen and oxygen atoms in total. The number of hydrogen-bond acceptors (Lipinski definition) is 2. The molecule has 1 aromatic carbocycles. The molecule has 1 aliphatic rings. The van der Waals surface area contributed by atoms with E-state index in [4.69, 9.17) is 0 Å². The molecular formula is C16H23NO. The highest BCUT2D eigenvalue weighted by molar-refractivity contribution is 5.71. The quantitative estimate of drug-likeness (QED) is 0.769. The Morgan fingerprint density at radius 3 is 2.67 bits per heavy atom. The van der Waals surface area contributed by atoms with Crippen LogP contribution in [0.5, 0.6) is 5.75 Å². The highest BCUT2D eigenvalue weighted by atomic mass is 16.3. The second-order valence-electron chi connectivity index (χ2n) is 6.19. The minimum Gasteiger partial charge on any atom is -0.507 e. The Morgan fingerprint density at radius 2 is 2.11 bits per heavy atom. The van der Waals surface area contributed by atoms with Gasteiger partial charge in [0.2, 0.25) is 0 Å². The van der Waals surface area contributed by atoms with Crippen LogP contribution in [0, 0.1) is 6.92 Å². The monoisotopic (exact) mass is 245 g/mol. The smallest absolute Gasteiger partial charge is 0.125 e. The molecule has 2 heteroatoms. The summed E-state index contributed by atoms with van der Waals surface area (Å²) in [5, 5.41) is 14.0. The first kappa shape index (κ1) is 13.0. The topological polar surface area (TPSA) is 32.3 Å². The second-order valence-corrected chi connectivity index (χ2v) is 6.19. The SMILES string of the molecule is C=C(C)C(C)c1cc(C)c2c(c1O)C(C)(C)CN2. The van der Waals surface area contributed by atoms with Crippen molar-refractivity contribution < 1.29 is 5.11 Å². The van der Waals surface area contributed by atoms with E-state index in [0.717, 1.165) is 28.9 Å². The fourth-order valence-electron chi connectivity index (χ4n) is 2.71. The minimum atomic E-state index is -0.0189. The van der Waals surface area contributed by atoms with Gasteiger partial charge in [-0.1, -0.05) is 32.9 Å². The maximum absolute atomic E-state index is 10.6. The molecule has 2 rings (SSSR count). The highest BCUT2D eigenvalue weighted by Crippen LogP contribution is 2.47. The third-order valence-electron chi connectivity index (χ3n) is 4.12. The molecule has 0 aliphatic carbocycles. The lowest BCUT2D eigenvalue weighted by atomic mass is 9.81. The van der Waals surface area contributed by atoms with Crippen LogP contribution in [0.1, 0.15) is 50.3 Å². The number of benzene rings is 1. The molecule has 0 saturated carbocycles. The fourth-order valence-corrected chi connectivity index (χ4v) is 2.71. The summed E-state index contributed by atoms with van der Waals surface area (Å²) < 4.78 is 0. The molecule has 0 bridgehead atoms. The van der Waals surface area contributed by atoms with Gasteiger partial charge in [0.1, 0.15) is 5.75 Å². The van der Waals surface area contributed by atoms with Crippen LogP contribution in [-0.4, -0.2) is 11.7 Å². The van der Waals surface area contributed by atoms with Crippen LogP contribution in [0.2, 0.25) is 0 Å². The summed E-state index contributed by atoms with van der Waals surface area (Å²) in [5.41, 5.74) is 5.43. The molecule has 1 aliphatic heterocycles. The van der Waals surface area contributed by atoms with Gasteiger partial charge in [-0.05, 0) is 25.5 Å². The number of fused-ring (bicyclic) bond motifs is 1. The Kier molecular flexibility index (Phi) is 2.92. The summed E-state index contributed by atoms with van der Waals surface area (Å²) in [7, 11) is 0. The Labute approximate surface area is 110 Å². The van der Waals surface area contributed by atoms with Crippen molar-refractivity contribution in [3.8, 4) is 5.75 Å². The molecule has 0 spiro atoms. The van der Waals surface area contributed by atoms with Gasteiger partial charge in [0.25, 0.3) is 0 Å². The molecule has 1 unspecified atom stereocenters. The zero-order valence-electron chi connectivity index (χ0n) is 12.0. The van der Waals surface area contributed by atoms with Crippen LogP contribution in [-0.2, 0) is 5.41 Å². The molecule has 0 saturated heterocycles. The molecule has 0 radical (unpaired) electrons. The van der Waals surface area contributed by atoms with Crippen LogP contribution in [0.3, 0.4) is 0 Å². The summed E-state index contributed by atoms with van der Waals surface area (Å²) in [5.74, 6) is 0.631. The Balaban J connectivity index is 2.67. The highest BCUT2D eigenvalue weighted by Gasteiger charge is 2.35. The van der Waals surface area contributed by atoms with Gasteiger partial charge in [0.15, 0.2) is 0 Å². The normalized spacial score (nSPS) is 18.1. The van der Waals surface area contributed by atoms with Gasteiger partial charge in [-0.2, -0.15) is 0 Å². The van der Waals surface area contributed by atoms with Crippen molar-refractivity contribution in [1.29, 1.82) is 0 Å². The molecule has 2 N–H and O–H groups in total. The maximum atomic E-state index is 10.6. The van der Waals surface area contributed by atoms with Gasteiger partial charge < -0.3 is 10.4 Å². The number of nitrogens with one attached hydrogen (secondary N) is 1. The van der Waals surface area contributed by atoms with Crippen molar-refractivity contribution in [1.82, 2.24) is 0 Å². The summed E-state index contributed by atoms with van der Waals surface area (Å²) in [6.45, 7) is 15.4. The number of aryl methyl sites for hydroxylation is 1. The van der Waals surface area contributed by atoms with E-state index >= 15 is 0 Å². The summed E-state index contributed by atoms with van der Waals surface area (Å²) in [4.78, 5) is 0. The maximum Gasteiger partial charge on any atom is 0.125 e. The third kappa shape index (κ3) is 1.80. The molecule has 0 aromatic heterocycles. The molecule has 98 valence electrons. The Hall–Kier alpha value is -1.44. The number of allylic oxidation sites excluding steroid dienone is 1. The van der Waals surface area contributed by atoms with E-state index in [-0.39, 0.29) is 11.3 Å². The molecule has 1 heterocycles. The minimum absolute atomic E-state index is 0.0189. The van der Waals surface area contributed by atoms with E-state index in [1.165, 1.54) is 5.56 Å². The van der Waals surface area contributed by atoms with Crippen LogP contribution in [0.25, 0.3) is 0 Å². The van der Waals surface area contributed by atoms with Crippen molar-refractivity contribution in [2.75, 3.05) is 11.9 Å². The van der Waals surface area contributed by atoms with Gasteiger partial charge in [0.05, 0.1) is 0 Å². The molecule has 1 aromatic rings. The van der Waals surface area contributed by atoms with Gasteiger partial charge in [-0.15, -0.1) is 0 Å². The second kappa shape index (κ2) is 4.04. The third-order valence-corrected chi connectivity index (χ3v) is 4.12. The number of aromatic hydroxyl groups is 1. The molecule has 0 amide bonds. The van der Waals surface area contributed by atoms with Crippen molar-refractivity contribution in [2.45, 2.75) is 46.0 Å². The zero-order chi connectivity index (χ0) is 13.7. The van der Waals surface area contributed by atoms with E-state index < -0.39 is 0 Å². The van der Waals surface area contributed by atoms with Crippen LogP contribution >= 0.6 is 0 Å². The first-order valence-electron chi connectivity index (χ1n) is 6.52. The standard InChI is InChI=1S/C16H23NO/c1-9(2)11(4)12-7-10(3)14-13(15(12)18)16(5,6)8-17-14/h7,11,17-18H,1,8H2,2-6H3. The van der Waals surface area contributed by atoms with Gasteiger partial charge in [-0.25, -0.2) is 0 Å². The first-order valence-corrected chi connectivity index (χ1v) is 6.52. The van der Waals surface area contributed by atoms with Crippen molar-refractivity contribution >= 4 is 5.69 Å². The molecule has 0 fully saturated rings. The van der Waals surface area contributed by atoms with Gasteiger partial charge in [-0.3, -0.25) is 0 Å². The van der Waals surface area contributed by atoms with E-state index in [1.54, 1.807) is 0 Å². The Bertz CT molecular complexity index is 514. The van der Waals surface area contributed by atoms with E-state index in [2.05, 4.69) is 45.7 Å². The summed E-state index contributed by atoms with van der Waals surface area (Å²) in [6.07, 6.45) is 0. The van der Waals surface area contributed by atoms with Crippen molar-refractivity contribution in [3.05, 3.63) is 34.9 Å². The number of anilines is 1. The average molecular weight is 245 g/mol. The first-order chi connectivity index (χ1) is 8.25. The van der Waals surface area contributed by atoms with E-state index in [9.17, 15) is 5.11 Å². The number of phenolic OH excluding ortho intramolecular Hbond substituents is 1. The predicted molar refractivity (Wildman–Crippen MR) is 77.6 cm³/mol. The largest absolute Gasteiger partial charge is 0.507 e. The molecule has 1 atom stereocenters. The van der Waals surface area contributed by atoms with Gasteiger partial charge in [0, 0.05) is 34.7 Å². The van der Waals surface area contributed by atoms with Gasteiger partial charge >= 0.3 is 0 Å². The summed E-state index contributed by atoms with van der Waals surface area (Å²) in [6, 6.07) is 2.09. The van der Waals surface area contributed by atoms with E-state index in [0.29, 0.717) is 5.75 Å². The molecule has 18 heavy (non-hydrogen) atoms. The van der Waals surface area contributed by atoms with Crippen molar-refractivity contribution in [2.24, 2.45) is 0 Å². The number of rotatable bonds is 2. The lowest BCUT2D eigenvalue weighted by Crippen LogP contribution is -2.19. The number of phenols is 1. The fraction of sp³-hybridized carbons (Fsp3) is 0.500. The summed E-state index contributed by atoms with van der Waals surface area (Å²) >= 11 is 0. The van der Waals surface area contributed by atoms with E-state index in [1.807, 2.05) is 6.92 Å². The molecular weight excluding hydrogens is 222 g/mol. The average Bonchev–Trinajstić information content (AvgIpc) is 2.59. The zero-order valence-corrected chi connectivity index (χ0v) is 12.0.